The van der Waals surface area contributed by atoms with Gasteiger partial charge in [0.15, 0.2) is 17.9 Å². The van der Waals surface area contributed by atoms with Gasteiger partial charge >= 0.3 is 0 Å². The maximum absolute atomic E-state index is 2.34. The van der Waals surface area contributed by atoms with E-state index in [1.165, 1.54) is 22.5 Å². The minimum absolute atomic E-state index is 0.959. The van der Waals surface area contributed by atoms with Crippen molar-refractivity contribution in [2.24, 2.45) is 0 Å². The Bertz CT molecular complexity index is 480. The summed E-state index contributed by atoms with van der Waals surface area (Å²) >= 11 is 0. The molecule has 0 atom stereocenters. The van der Waals surface area contributed by atoms with Crippen LogP contribution in [0.25, 0.3) is 0 Å². The van der Waals surface area contributed by atoms with Crippen molar-refractivity contribution in [3.05, 3.63) is 65.0 Å². The van der Waals surface area contributed by atoms with Gasteiger partial charge < -0.3 is 0 Å². The third kappa shape index (κ3) is 2.30. The molecule has 1 heterocycles. The van der Waals surface area contributed by atoms with E-state index in [1.54, 1.807) is 0 Å². The van der Waals surface area contributed by atoms with Gasteiger partial charge in [-0.3, -0.25) is 0 Å². The summed E-state index contributed by atoms with van der Waals surface area (Å²) in [5, 5.41) is 0. The highest BCUT2D eigenvalue weighted by molar-refractivity contribution is 5.21. The maximum Gasteiger partial charge on any atom is 0.178 e. The van der Waals surface area contributed by atoms with Crippen LogP contribution >= 0.6 is 0 Å². The maximum atomic E-state index is 2.34. The Balaban J connectivity index is 2.34. The summed E-state index contributed by atoms with van der Waals surface area (Å²) in [6.07, 6.45) is 0. The van der Waals surface area contributed by atoms with Crippen LogP contribution in [0.2, 0.25) is 0 Å². The molecule has 2 rings (SSSR count). The quantitative estimate of drug-likeness (QED) is 0.674. The highest BCUT2D eigenvalue weighted by atomic mass is 15.0. The Kier molecular flexibility index (Phi) is 3.04. The van der Waals surface area contributed by atoms with Crippen molar-refractivity contribution in [2.75, 3.05) is 0 Å². The largest absolute Gasteiger partial charge is 0.196 e. The van der Waals surface area contributed by atoms with Crippen molar-refractivity contribution < 1.29 is 4.57 Å². The van der Waals surface area contributed by atoms with Crippen LogP contribution in [0.4, 0.5) is 0 Å². The lowest BCUT2D eigenvalue weighted by molar-refractivity contribution is -0.700. The fraction of sp³-hybridized carbons (Fsp3) is 0.267. The molecular weight excluding hydrogens is 194 g/mol. The lowest BCUT2D eigenvalue weighted by Crippen LogP contribution is -2.40. The zero-order chi connectivity index (χ0) is 11.5. The normalized spacial score (nSPS) is 10.4. The van der Waals surface area contributed by atoms with Gasteiger partial charge in [0.05, 0.1) is 0 Å². The van der Waals surface area contributed by atoms with Crippen LogP contribution < -0.4 is 4.57 Å². The van der Waals surface area contributed by atoms with Crippen molar-refractivity contribution in [3.8, 4) is 0 Å². The Morgan fingerprint density at radius 3 is 2.12 bits per heavy atom. The van der Waals surface area contributed by atoms with Gasteiger partial charge in [-0.25, -0.2) is 0 Å². The van der Waals surface area contributed by atoms with Crippen molar-refractivity contribution in [3.63, 3.8) is 0 Å². The molecule has 16 heavy (non-hydrogen) atoms. The number of aromatic nitrogens is 1. The first-order valence-corrected chi connectivity index (χ1v) is 5.68. The van der Waals surface area contributed by atoms with E-state index in [1.807, 2.05) is 0 Å². The van der Waals surface area contributed by atoms with Crippen LogP contribution in [0, 0.1) is 20.8 Å². The Morgan fingerprint density at radius 1 is 0.875 bits per heavy atom. The summed E-state index contributed by atoms with van der Waals surface area (Å²) in [6, 6.07) is 15.1. The molecule has 82 valence electrons. The van der Waals surface area contributed by atoms with Crippen molar-refractivity contribution in [1.82, 2.24) is 0 Å². The molecule has 2 aromatic rings. The summed E-state index contributed by atoms with van der Waals surface area (Å²) in [5.41, 5.74) is 5.30. The second-order valence-electron chi connectivity index (χ2n) is 4.38. The highest BCUT2D eigenvalue weighted by Gasteiger charge is 2.10. The molecule has 0 saturated heterocycles. The fourth-order valence-electron chi connectivity index (χ4n) is 2.03. The van der Waals surface area contributed by atoms with E-state index in [9.17, 15) is 0 Å². The predicted octanol–water partition coefficient (Wildman–Crippen LogP) is 2.95. The molecule has 1 aromatic carbocycles. The summed E-state index contributed by atoms with van der Waals surface area (Å²) in [4.78, 5) is 0. The van der Waals surface area contributed by atoms with Gasteiger partial charge in [-0.2, -0.15) is 4.57 Å². The molecule has 1 nitrogen and oxygen atoms in total. The minimum Gasteiger partial charge on any atom is -0.196 e. The SMILES string of the molecule is Cc1cccc(C[n+]2c(C)cccc2C)c1. The fourth-order valence-corrected chi connectivity index (χ4v) is 2.03. The molecule has 0 amide bonds. The molecule has 0 N–H and O–H groups in total. The first kappa shape index (κ1) is 10.9. The molecule has 0 fully saturated rings. The van der Waals surface area contributed by atoms with E-state index in [0.29, 0.717) is 0 Å². The standard InChI is InChI=1S/C15H18N/c1-12-6-4-9-15(10-12)11-16-13(2)7-5-8-14(16)3/h4-10H,11H2,1-3H3/q+1. The van der Waals surface area contributed by atoms with Gasteiger partial charge in [0.2, 0.25) is 0 Å². The predicted molar refractivity (Wildman–Crippen MR) is 66.4 cm³/mol. The summed E-state index contributed by atoms with van der Waals surface area (Å²) < 4.78 is 2.34. The summed E-state index contributed by atoms with van der Waals surface area (Å²) in [7, 11) is 0. The van der Waals surface area contributed by atoms with E-state index < -0.39 is 0 Å². The number of rotatable bonds is 2. The van der Waals surface area contributed by atoms with Crippen LogP contribution in [0.5, 0.6) is 0 Å². The smallest absolute Gasteiger partial charge is 0.178 e. The molecule has 0 spiro atoms. The second-order valence-corrected chi connectivity index (χ2v) is 4.38. The van der Waals surface area contributed by atoms with Gasteiger partial charge in [-0.05, 0) is 19.1 Å². The van der Waals surface area contributed by atoms with Gasteiger partial charge in [-0.1, -0.05) is 23.8 Å². The number of hydrogen-bond acceptors (Lipinski definition) is 0. The first-order valence-electron chi connectivity index (χ1n) is 5.68. The number of benzene rings is 1. The van der Waals surface area contributed by atoms with Crippen LogP contribution in [0.15, 0.2) is 42.5 Å². The Labute approximate surface area is 97.4 Å². The van der Waals surface area contributed by atoms with Crippen molar-refractivity contribution >= 4 is 0 Å². The van der Waals surface area contributed by atoms with E-state index in [4.69, 9.17) is 0 Å². The lowest BCUT2D eigenvalue weighted by Gasteiger charge is -2.04. The van der Waals surface area contributed by atoms with Crippen molar-refractivity contribution in [1.29, 1.82) is 0 Å². The van der Waals surface area contributed by atoms with Gasteiger partial charge in [0.25, 0.3) is 0 Å². The molecule has 0 saturated carbocycles. The highest BCUT2D eigenvalue weighted by Crippen LogP contribution is 2.05. The molecule has 0 unspecified atom stereocenters. The first-order chi connectivity index (χ1) is 7.66. The number of pyridine rings is 1. The van der Waals surface area contributed by atoms with E-state index in [-0.39, 0.29) is 0 Å². The number of aryl methyl sites for hydroxylation is 3. The van der Waals surface area contributed by atoms with Crippen molar-refractivity contribution in [2.45, 2.75) is 27.3 Å². The molecule has 1 aromatic heterocycles. The van der Waals surface area contributed by atoms with E-state index in [0.717, 1.165) is 6.54 Å². The topological polar surface area (TPSA) is 3.88 Å². The number of nitrogens with zero attached hydrogens (tertiary/aromatic N) is 1. The molecular formula is C15H18N+. The molecule has 0 aliphatic rings. The average Bonchev–Trinajstić information content (AvgIpc) is 2.24. The second kappa shape index (κ2) is 4.48. The van der Waals surface area contributed by atoms with Crippen LogP contribution in [0.1, 0.15) is 22.5 Å². The molecule has 0 radical (unpaired) electrons. The molecule has 0 aliphatic carbocycles. The van der Waals surface area contributed by atoms with Crippen LogP contribution in [0.3, 0.4) is 0 Å². The Morgan fingerprint density at radius 2 is 1.50 bits per heavy atom. The molecule has 0 bridgehead atoms. The van der Waals surface area contributed by atoms with Crippen LogP contribution in [-0.4, -0.2) is 0 Å². The number of hydrogen-bond donors (Lipinski definition) is 0. The monoisotopic (exact) mass is 212 g/mol. The average molecular weight is 212 g/mol. The zero-order valence-corrected chi connectivity index (χ0v) is 10.2. The summed E-state index contributed by atoms with van der Waals surface area (Å²) in [6.45, 7) is 7.41. The molecule has 0 aliphatic heterocycles. The van der Waals surface area contributed by atoms with Gasteiger partial charge in [0, 0.05) is 31.5 Å². The van der Waals surface area contributed by atoms with Crippen LogP contribution in [-0.2, 0) is 6.54 Å². The van der Waals surface area contributed by atoms with Gasteiger partial charge in [0.1, 0.15) is 0 Å². The Hall–Kier alpha value is -1.63. The third-order valence-corrected chi connectivity index (χ3v) is 2.95. The summed E-state index contributed by atoms with van der Waals surface area (Å²) in [5.74, 6) is 0. The third-order valence-electron chi connectivity index (χ3n) is 2.95. The minimum atomic E-state index is 0.959. The van der Waals surface area contributed by atoms with Gasteiger partial charge in [-0.15, -0.1) is 0 Å². The lowest BCUT2D eigenvalue weighted by atomic mass is 10.1. The van der Waals surface area contributed by atoms with E-state index >= 15 is 0 Å². The zero-order valence-electron chi connectivity index (χ0n) is 10.2. The van der Waals surface area contributed by atoms with E-state index in [2.05, 4.69) is 67.8 Å². The molecule has 1 heteroatoms.